The van der Waals surface area contributed by atoms with E-state index in [-0.39, 0.29) is 11.2 Å². The summed E-state index contributed by atoms with van der Waals surface area (Å²) >= 11 is 0. The van der Waals surface area contributed by atoms with Gasteiger partial charge in [0, 0.05) is 0 Å². The molecule has 0 aliphatic rings. The first kappa shape index (κ1) is 17.6. The second-order valence-electron chi connectivity index (χ2n) is 7.21. The van der Waals surface area contributed by atoms with Crippen molar-refractivity contribution in [2.75, 3.05) is 0 Å². The number of rotatable bonds is 7. The number of halogens is 1. The van der Waals surface area contributed by atoms with E-state index in [4.69, 9.17) is 0 Å². The maximum absolute atomic E-state index is 12.9. The number of benzene rings is 1. The molecule has 0 saturated carbocycles. The van der Waals surface area contributed by atoms with Gasteiger partial charge >= 0.3 is 0 Å². The Labute approximate surface area is 137 Å². The third kappa shape index (κ3) is 4.86. The van der Waals surface area contributed by atoms with Gasteiger partial charge in [0.1, 0.15) is 18.5 Å². The second kappa shape index (κ2) is 7.21. The van der Waals surface area contributed by atoms with E-state index < -0.39 is 5.60 Å². The molecule has 2 aromatic rings. The van der Waals surface area contributed by atoms with Gasteiger partial charge in [-0.3, -0.25) is 4.68 Å². The van der Waals surface area contributed by atoms with Gasteiger partial charge in [0.2, 0.25) is 0 Å². The SMILES string of the molecule is CC(C)(C)C(O)(CCCCc1ccc(F)cc1)Cn1cncn1. The zero-order chi connectivity index (χ0) is 16.9. The molecular formula is C18H26FN3O. The molecule has 0 fully saturated rings. The van der Waals surface area contributed by atoms with Crippen LogP contribution in [0.25, 0.3) is 0 Å². The van der Waals surface area contributed by atoms with E-state index in [0.717, 1.165) is 24.8 Å². The number of nitrogens with zero attached hydrogens (tertiary/aromatic N) is 3. The van der Waals surface area contributed by atoms with Gasteiger partial charge in [-0.2, -0.15) is 5.10 Å². The molecule has 1 unspecified atom stereocenters. The molecule has 1 aromatic carbocycles. The molecule has 4 nitrogen and oxygen atoms in total. The van der Waals surface area contributed by atoms with Crippen molar-refractivity contribution in [3.8, 4) is 0 Å². The summed E-state index contributed by atoms with van der Waals surface area (Å²) in [5, 5.41) is 15.2. The molecular weight excluding hydrogens is 293 g/mol. The fourth-order valence-electron chi connectivity index (χ4n) is 2.67. The maximum atomic E-state index is 12.9. The van der Waals surface area contributed by atoms with Gasteiger partial charge in [0.15, 0.2) is 0 Å². The number of hydrogen-bond acceptors (Lipinski definition) is 3. The summed E-state index contributed by atoms with van der Waals surface area (Å²) < 4.78 is 14.6. The fourth-order valence-corrected chi connectivity index (χ4v) is 2.67. The lowest BCUT2D eigenvalue weighted by Crippen LogP contribution is -2.46. The van der Waals surface area contributed by atoms with Crippen molar-refractivity contribution >= 4 is 0 Å². The summed E-state index contributed by atoms with van der Waals surface area (Å²) in [5.74, 6) is -0.205. The van der Waals surface area contributed by atoms with Crippen LogP contribution in [-0.2, 0) is 13.0 Å². The number of aromatic nitrogens is 3. The lowest BCUT2D eigenvalue weighted by atomic mass is 9.73. The molecule has 126 valence electrons. The predicted octanol–water partition coefficient (Wildman–Crippen LogP) is 3.61. The second-order valence-corrected chi connectivity index (χ2v) is 7.21. The summed E-state index contributed by atoms with van der Waals surface area (Å²) in [7, 11) is 0. The highest BCUT2D eigenvalue weighted by molar-refractivity contribution is 5.15. The van der Waals surface area contributed by atoms with Crippen LogP contribution in [0.5, 0.6) is 0 Å². The number of aliphatic hydroxyl groups is 1. The van der Waals surface area contributed by atoms with Gasteiger partial charge in [-0.15, -0.1) is 0 Å². The van der Waals surface area contributed by atoms with Crippen LogP contribution in [0.15, 0.2) is 36.9 Å². The Morgan fingerprint density at radius 1 is 1.13 bits per heavy atom. The quantitative estimate of drug-likeness (QED) is 0.793. The average molecular weight is 319 g/mol. The molecule has 23 heavy (non-hydrogen) atoms. The summed E-state index contributed by atoms with van der Waals surface area (Å²) in [5.41, 5.74) is 0.0279. The van der Waals surface area contributed by atoms with Crippen LogP contribution in [0, 0.1) is 11.2 Å². The van der Waals surface area contributed by atoms with Crippen LogP contribution in [0.3, 0.4) is 0 Å². The van der Waals surface area contributed by atoms with Crippen molar-refractivity contribution in [1.29, 1.82) is 0 Å². The van der Waals surface area contributed by atoms with Crippen molar-refractivity contribution in [2.24, 2.45) is 5.41 Å². The van der Waals surface area contributed by atoms with E-state index in [1.807, 2.05) is 32.9 Å². The lowest BCUT2D eigenvalue weighted by molar-refractivity contribution is -0.0813. The highest BCUT2D eigenvalue weighted by Gasteiger charge is 2.40. The fraction of sp³-hybridized carbons (Fsp3) is 0.556. The largest absolute Gasteiger partial charge is 0.387 e. The van der Waals surface area contributed by atoms with E-state index >= 15 is 0 Å². The Morgan fingerprint density at radius 2 is 1.83 bits per heavy atom. The van der Waals surface area contributed by atoms with Crippen LogP contribution < -0.4 is 0 Å². The first-order valence-corrected chi connectivity index (χ1v) is 8.09. The molecule has 0 aliphatic carbocycles. The Hall–Kier alpha value is -1.75. The summed E-state index contributed by atoms with van der Waals surface area (Å²) in [4.78, 5) is 3.94. The van der Waals surface area contributed by atoms with Crippen LogP contribution >= 0.6 is 0 Å². The van der Waals surface area contributed by atoms with E-state index in [1.165, 1.54) is 18.5 Å². The van der Waals surface area contributed by atoms with E-state index in [0.29, 0.717) is 13.0 Å². The van der Waals surface area contributed by atoms with Gasteiger partial charge in [-0.1, -0.05) is 39.3 Å². The standard InChI is InChI=1S/C18H26FN3O/c1-17(2,3)18(23,12-22-14-20-13-21-22)11-5-4-6-15-7-9-16(19)10-8-15/h7-10,13-14,23H,4-6,11-12H2,1-3H3. The lowest BCUT2D eigenvalue weighted by Gasteiger charge is -2.40. The molecule has 1 heterocycles. The molecule has 0 radical (unpaired) electrons. The highest BCUT2D eigenvalue weighted by atomic mass is 19.1. The molecule has 1 N–H and O–H groups in total. The van der Waals surface area contributed by atoms with Crippen molar-refractivity contribution < 1.29 is 9.50 Å². The molecule has 1 aromatic heterocycles. The van der Waals surface area contributed by atoms with Crippen molar-refractivity contribution in [3.63, 3.8) is 0 Å². The van der Waals surface area contributed by atoms with Crippen LogP contribution in [0.2, 0.25) is 0 Å². The van der Waals surface area contributed by atoms with Crippen molar-refractivity contribution in [2.45, 2.75) is 58.6 Å². The van der Waals surface area contributed by atoms with Crippen molar-refractivity contribution in [3.05, 3.63) is 48.3 Å². The Balaban J connectivity index is 1.89. The third-order valence-corrected chi connectivity index (χ3v) is 4.51. The normalized spacial score (nSPS) is 14.7. The van der Waals surface area contributed by atoms with Crippen LogP contribution in [0.4, 0.5) is 4.39 Å². The zero-order valence-corrected chi connectivity index (χ0v) is 14.2. The molecule has 5 heteroatoms. The Bertz CT molecular complexity index is 590. The molecule has 0 amide bonds. The smallest absolute Gasteiger partial charge is 0.137 e. The van der Waals surface area contributed by atoms with Crippen molar-refractivity contribution in [1.82, 2.24) is 14.8 Å². The maximum Gasteiger partial charge on any atom is 0.137 e. The van der Waals surface area contributed by atoms with E-state index in [2.05, 4.69) is 10.1 Å². The first-order valence-electron chi connectivity index (χ1n) is 8.09. The third-order valence-electron chi connectivity index (χ3n) is 4.51. The van der Waals surface area contributed by atoms with Gasteiger partial charge in [-0.05, 0) is 42.4 Å². The number of unbranched alkanes of at least 4 members (excludes halogenated alkanes) is 1. The highest BCUT2D eigenvalue weighted by Crippen LogP contribution is 2.36. The van der Waals surface area contributed by atoms with E-state index in [1.54, 1.807) is 11.0 Å². The predicted molar refractivity (Wildman–Crippen MR) is 88.4 cm³/mol. The van der Waals surface area contributed by atoms with Gasteiger partial charge in [0.25, 0.3) is 0 Å². The summed E-state index contributed by atoms with van der Waals surface area (Å²) in [6, 6.07) is 6.62. The minimum Gasteiger partial charge on any atom is -0.387 e. The van der Waals surface area contributed by atoms with Crippen LogP contribution in [0.1, 0.15) is 45.6 Å². The first-order chi connectivity index (χ1) is 10.8. The van der Waals surface area contributed by atoms with Crippen LogP contribution in [-0.4, -0.2) is 25.5 Å². The molecule has 0 spiro atoms. The minimum atomic E-state index is -0.844. The molecule has 0 saturated heterocycles. The number of aryl methyl sites for hydroxylation is 1. The summed E-state index contributed by atoms with van der Waals surface area (Å²) in [6.07, 6.45) is 6.56. The van der Waals surface area contributed by atoms with Gasteiger partial charge < -0.3 is 5.11 Å². The molecule has 0 bridgehead atoms. The zero-order valence-electron chi connectivity index (χ0n) is 14.2. The monoisotopic (exact) mass is 319 g/mol. The number of hydrogen-bond donors (Lipinski definition) is 1. The van der Waals surface area contributed by atoms with Gasteiger partial charge in [0.05, 0.1) is 12.1 Å². The summed E-state index contributed by atoms with van der Waals surface area (Å²) in [6.45, 7) is 6.57. The Morgan fingerprint density at radius 3 is 2.39 bits per heavy atom. The van der Waals surface area contributed by atoms with Gasteiger partial charge in [-0.25, -0.2) is 9.37 Å². The average Bonchev–Trinajstić information content (AvgIpc) is 2.97. The van der Waals surface area contributed by atoms with E-state index in [9.17, 15) is 9.50 Å². The Kier molecular flexibility index (Phi) is 5.52. The molecule has 0 aliphatic heterocycles. The molecule has 2 rings (SSSR count). The molecule has 1 atom stereocenters. The minimum absolute atomic E-state index is 0.205. The topological polar surface area (TPSA) is 50.9 Å².